The van der Waals surface area contributed by atoms with Crippen molar-refractivity contribution in [2.45, 2.75) is 6.04 Å². The van der Waals surface area contributed by atoms with Gasteiger partial charge in [-0.3, -0.25) is 0 Å². The molecule has 0 saturated heterocycles. The summed E-state index contributed by atoms with van der Waals surface area (Å²) in [5.41, 5.74) is -0.119. The average molecular weight is 293 g/mol. The Labute approximate surface area is 120 Å². The number of hydrogen-bond donors (Lipinski definition) is 2. The maximum atomic E-state index is 13.7. The Morgan fingerprint density at radius 1 is 1.14 bits per heavy atom. The summed E-state index contributed by atoms with van der Waals surface area (Å²) in [4.78, 5) is 11.3. The summed E-state index contributed by atoms with van der Waals surface area (Å²) in [6.45, 7) is 0. The van der Waals surface area contributed by atoms with Crippen molar-refractivity contribution in [3.05, 3.63) is 59.7 Å². The van der Waals surface area contributed by atoms with Gasteiger partial charge in [0.25, 0.3) is 0 Å². The molecule has 1 unspecified atom stereocenters. The van der Waals surface area contributed by atoms with E-state index in [0.717, 1.165) is 12.1 Å². The van der Waals surface area contributed by atoms with Crippen molar-refractivity contribution in [1.82, 2.24) is 0 Å². The van der Waals surface area contributed by atoms with Gasteiger partial charge < -0.3 is 15.2 Å². The number of carbonyl (C=O) groups is 1. The quantitative estimate of drug-likeness (QED) is 0.888. The number of aliphatic carboxylic acids is 1. The lowest BCUT2D eigenvalue weighted by Crippen LogP contribution is -2.23. The van der Waals surface area contributed by atoms with Crippen LogP contribution in [0, 0.1) is 11.6 Å². The number of carboxylic acids is 1. The van der Waals surface area contributed by atoms with Gasteiger partial charge in [-0.2, -0.15) is 0 Å². The molecule has 0 bridgehead atoms. The standard InChI is InChI=1S/C15H13F2NO3/c1-21-10-7-5-9(6-8-10)18-14(15(19)20)13-11(16)3-2-4-12(13)17/h2-8,14,18H,1H3,(H,19,20). The Morgan fingerprint density at radius 3 is 2.19 bits per heavy atom. The zero-order valence-corrected chi connectivity index (χ0v) is 11.1. The molecule has 0 aromatic heterocycles. The van der Waals surface area contributed by atoms with E-state index >= 15 is 0 Å². The number of nitrogens with one attached hydrogen (secondary N) is 1. The highest BCUT2D eigenvalue weighted by Gasteiger charge is 2.26. The first-order valence-corrected chi connectivity index (χ1v) is 6.10. The number of benzene rings is 2. The van der Waals surface area contributed by atoms with Crippen molar-refractivity contribution in [2.75, 3.05) is 12.4 Å². The van der Waals surface area contributed by atoms with Crippen molar-refractivity contribution < 1.29 is 23.4 Å². The van der Waals surface area contributed by atoms with Crippen LogP contribution in [-0.2, 0) is 4.79 Å². The van der Waals surface area contributed by atoms with Crippen LogP contribution in [0.25, 0.3) is 0 Å². The summed E-state index contributed by atoms with van der Waals surface area (Å²) in [7, 11) is 1.50. The van der Waals surface area contributed by atoms with Crippen LogP contribution in [0.4, 0.5) is 14.5 Å². The van der Waals surface area contributed by atoms with Crippen LogP contribution in [0.2, 0.25) is 0 Å². The fraction of sp³-hybridized carbons (Fsp3) is 0.133. The summed E-state index contributed by atoms with van der Waals surface area (Å²) in [5, 5.41) is 11.8. The van der Waals surface area contributed by atoms with Crippen LogP contribution in [0.15, 0.2) is 42.5 Å². The Morgan fingerprint density at radius 2 is 1.71 bits per heavy atom. The Kier molecular flexibility index (Phi) is 4.37. The van der Waals surface area contributed by atoms with Gasteiger partial charge in [-0.25, -0.2) is 13.6 Å². The van der Waals surface area contributed by atoms with Crippen molar-refractivity contribution in [2.24, 2.45) is 0 Å². The molecular formula is C15H13F2NO3. The molecule has 0 radical (unpaired) electrons. The van der Waals surface area contributed by atoms with Crippen LogP contribution in [0.3, 0.4) is 0 Å². The lowest BCUT2D eigenvalue weighted by Gasteiger charge is -2.17. The first-order valence-electron chi connectivity index (χ1n) is 6.10. The second-order valence-electron chi connectivity index (χ2n) is 4.28. The Balaban J connectivity index is 2.33. The van der Waals surface area contributed by atoms with E-state index in [4.69, 9.17) is 4.74 Å². The Hall–Kier alpha value is -2.63. The molecule has 0 aliphatic rings. The van der Waals surface area contributed by atoms with E-state index in [1.165, 1.54) is 13.2 Å². The van der Waals surface area contributed by atoms with Crippen LogP contribution >= 0.6 is 0 Å². The predicted molar refractivity (Wildman–Crippen MR) is 73.4 cm³/mol. The molecule has 2 aromatic rings. The fourth-order valence-corrected chi connectivity index (χ4v) is 1.90. The monoisotopic (exact) mass is 293 g/mol. The summed E-state index contributed by atoms with van der Waals surface area (Å²) in [5.74, 6) is -2.62. The van der Waals surface area contributed by atoms with E-state index in [9.17, 15) is 18.7 Å². The summed E-state index contributed by atoms with van der Waals surface area (Å²) < 4.78 is 32.4. The number of anilines is 1. The van der Waals surface area contributed by atoms with E-state index < -0.39 is 29.2 Å². The lowest BCUT2D eigenvalue weighted by atomic mass is 10.1. The van der Waals surface area contributed by atoms with E-state index in [1.807, 2.05) is 0 Å². The van der Waals surface area contributed by atoms with Gasteiger partial charge in [0.15, 0.2) is 6.04 Å². The third kappa shape index (κ3) is 3.28. The smallest absolute Gasteiger partial charge is 0.331 e. The molecule has 21 heavy (non-hydrogen) atoms. The normalized spacial score (nSPS) is 11.8. The van der Waals surface area contributed by atoms with Gasteiger partial charge >= 0.3 is 5.97 Å². The lowest BCUT2D eigenvalue weighted by molar-refractivity contribution is -0.138. The minimum absolute atomic E-state index is 0.408. The highest BCUT2D eigenvalue weighted by molar-refractivity contribution is 5.79. The van der Waals surface area contributed by atoms with Gasteiger partial charge in [-0.05, 0) is 36.4 Å². The molecular weight excluding hydrogens is 280 g/mol. The maximum Gasteiger partial charge on any atom is 0.331 e. The second-order valence-corrected chi connectivity index (χ2v) is 4.28. The SMILES string of the molecule is COc1ccc(NC(C(=O)O)c2c(F)cccc2F)cc1. The van der Waals surface area contributed by atoms with Crippen molar-refractivity contribution in [3.8, 4) is 5.75 Å². The molecule has 110 valence electrons. The minimum atomic E-state index is -1.53. The molecule has 2 rings (SSSR count). The van der Waals surface area contributed by atoms with Crippen LogP contribution in [-0.4, -0.2) is 18.2 Å². The molecule has 4 nitrogen and oxygen atoms in total. The molecule has 0 fully saturated rings. The van der Waals surface area contributed by atoms with Crippen LogP contribution in [0.5, 0.6) is 5.75 Å². The minimum Gasteiger partial charge on any atom is -0.497 e. The molecule has 2 N–H and O–H groups in total. The van der Waals surface area contributed by atoms with Crippen LogP contribution < -0.4 is 10.1 Å². The Bertz CT molecular complexity index is 624. The predicted octanol–water partition coefficient (Wildman–Crippen LogP) is 3.21. The highest BCUT2D eigenvalue weighted by atomic mass is 19.1. The van der Waals surface area contributed by atoms with Gasteiger partial charge in [0, 0.05) is 5.69 Å². The van der Waals surface area contributed by atoms with Gasteiger partial charge in [0.1, 0.15) is 17.4 Å². The molecule has 0 aliphatic heterocycles. The zero-order valence-electron chi connectivity index (χ0n) is 11.1. The third-order valence-electron chi connectivity index (χ3n) is 2.94. The summed E-state index contributed by atoms with van der Waals surface area (Å²) in [6.07, 6.45) is 0. The van der Waals surface area contributed by atoms with Crippen molar-refractivity contribution >= 4 is 11.7 Å². The summed E-state index contributed by atoms with van der Waals surface area (Å²) in [6, 6.07) is 8.03. The topological polar surface area (TPSA) is 58.6 Å². The zero-order chi connectivity index (χ0) is 15.4. The third-order valence-corrected chi connectivity index (χ3v) is 2.94. The molecule has 0 spiro atoms. The number of methoxy groups -OCH3 is 1. The largest absolute Gasteiger partial charge is 0.497 e. The highest BCUT2D eigenvalue weighted by Crippen LogP contribution is 2.26. The first kappa shape index (κ1) is 14.8. The fourth-order valence-electron chi connectivity index (χ4n) is 1.90. The number of rotatable bonds is 5. The molecule has 0 amide bonds. The average Bonchev–Trinajstić information content (AvgIpc) is 2.46. The molecule has 0 aliphatic carbocycles. The molecule has 1 atom stereocenters. The van der Waals surface area contributed by atoms with Crippen molar-refractivity contribution in [1.29, 1.82) is 0 Å². The number of ether oxygens (including phenoxy) is 1. The van der Waals surface area contributed by atoms with Crippen molar-refractivity contribution in [3.63, 3.8) is 0 Å². The van der Waals surface area contributed by atoms with E-state index in [2.05, 4.69) is 5.32 Å². The van der Waals surface area contributed by atoms with Gasteiger partial charge in [0.2, 0.25) is 0 Å². The molecule has 6 heteroatoms. The second kappa shape index (κ2) is 6.21. The van der Waals surface area contributed by atoms with Gasteiger partial charge in [0.05, 0.1) is 12.7 Å². The van der Waals surface area contributed by atoms with E-state index in [0.29, 0.717) is 11.4 Å². The number of halogens is 2. The van der Waals surface area contributed by atoms with Gasteiger partial charge in [-0.15, -0.1) is 0 Å². The first-order chi connectivity index (χ1) is 10.0. The van der Waals surface area contributed by atoms with Gasteiger partial charge in [-0.1, -0.05) is 6.07 Å². The maximum absolute atomic E-state index is 13.7. The number of hydrogen-bond acceptors (Lipinski definition) is 3. The molecule has 2 aromatic carbocycles. The molecule has 0 saturated carbocycles. The number of carboxylic acid groups (broad SMARTS) is 1. The summed E-state index contributed by atoms with van der Waals surface area (Å²) >= 11 is 0. The molecule has 0 heterocycles. The van der Waals surface area contributed by atoms with Crippen LogP contribution in [0.1, 0.15) is 11.6 Å². The van der Waals surface area contributed by atoms with E-state index in [-0.39, 0.29) is 0 Å². The van der Waals surface area contributed by atoms with E-state index in [1.54, 1.807) is 24.3 Å².